The van der Waals surface area contributed by atoms with Crippen molar-refractivity contribution in [2.45, 2.75) is 31.0 Å². The van der Waals surface area contributed by atoms with Crippen LogP contribution in [0.4, 0.5) is 28.0 Å². The van der Waals surface area contributed by atoms with Gasteiger partial charge in [-0.2, -0.15) is 13.2 Å². The molecule has 2 amide bonds. The number of anilines is 1. The molecule has 5 nitrogen and oxygen atoms in total. The number of nitrogens with one attached hydrogen (secondary N) is 1. The molecular weight excluding hydrogens is 402 g/mol. The van der Waals surface area contributed by atoms with Gasteiger partial charge in [0.05, 0.1) is 11.3 Å². The molecule has 0 aliphatic carbocycles. The summed E-state index contributed by atoms with van der Waals surface area (Å²) in [6.45, 7) is 0.855. The fraction of sp³-hybridized carbons (Fsp3) is 0.333. The van der Waals surface area contributed by atoms with Crippen molar-refractivity contribution in [2.75, 3.05) is 18.4 Å². The predicted molar refractivity (Wildman–Crippen MR) is 103 cm³/mol. The van der Waals surface area contributed by atoms with Gasteiger partial charge in [-0.3, -0.25) is 0 Å². The first-order valence-electron chi connectivity index (χ1n) is 9.48. The highest BCUT2D eigenvalue weighted by molar-refractivity contribution is 6.01. The minimum Gasteiger partial charge on any atom is -0.388 e. The van der Waals surface area contributed by atoms with Crippen LogP contribution < -0.4 is 5.32 Å². The van der Waals surface area contributed by atoms with Gasteiger partial charge >= 0.3 is 12.2 Å². The summed E-state index contributed by atoms with van der Waals surface area (Å²) in [6.07, 6.45) is -2.83. The molecule has 1 saturated heterocycles. The third kappa shape index (κ3) is 4.24. The Morgan fingerprint density at radius 2 is 1.80 bits per heavy atom. The molecule has 4 rings (SSSR count). The van der Waals surface area contributed by atoms with E-state index in [1.54, 1.807) is 11.0 Å². The first kappa shape index (κ1) is 20.2. The predicted octanol–water partition coefficient (Wildman–Crippen LogP) is 5.04. The SMILES string of the molecule is O=C(Nc1cccc(F)c1)N1CCC2(CC1)CC(c1ccc(C(F)(F)F)cc1)=NO2. The van der Waals surface area contributed by atoms with Crippen molar-refractivity contribution >= 4 is 17.4 Å². The van der Waals surface area contributed by atoms with Crippen LogP contribution in [0, 0.1) is 5.82 Å². The van der Waals surface area contributed by atoms with Crippen LogP contribution in [0.25, 0.3) is 0 Å². The van der Waals surface area contributed by atoms with Crippen LogP contribution in [-0.4, -0.2) is 35.3 Å². The summed E-state index contributed by atoms with van der Waals surface area (Å²) in [5.74, 6) is -0.433. The molecule has 0 unspecified atom stereocenters. The van der Waals surface area contributed by atoms with Crippen LogP contribution in [0.2, 0.25) is 0 Å². The number of oxime groups is 1. The van der Waals surface area contributed by atoms with Gasteiger partial charge in [-0.05, 0) is 35.9 Å². The van der Waals surface area contributed by atoms with Crippen LogP contribution in [0.15, 0.2) is 53.7 Å². The number of rotatable bonds is 2. The largest absolute Gasteiger partial charge is 0.416 e. The second-order valence-electron chi connectivity index (χ2n) is 7.49. The van der Waals surface area contributed by atoms with E-state index in [2.05, 4.69) is 10.5 Å². The van der Waals surface area contributed by atoms with E-state index in [0.717, 1.165) is 12.1 Å². The number of hydrogen-bond acceptors (Lipinski definition) is 3. The minimum absolute atomic E-state index is 0.322. The number of likely N-dealkylation sites (tertiary alicyclic amines) is 1. The van der Waals surface area contributed by atoms with Crippen molar-refractivity contribution in [3.05, 3.63) is 65.5 Å². The topological polar surface area (TPSA) is 53.9 Å². The Morgan fingerprint density at radius 3 is 2.43 bits per heavy atom. The average Bonchev–Trinajstić information content (AvgIpc) is 3.11. The maximum absolute atomic E-state index is 13.3. The second-order valence-corrected chi connectivity index (χ2v) is 7.49. The van der Waals surface area contributed by atoms with Gasteiger partial charge in [-0.25, -0.2) is 9.18 Å². The van der Waals surface area contributed by atoms with Gasteiger partial charge in [0.1, 0.15) is 11.4 Å². The summed E-state index contributed by atoms with van der Waals surface area (Å²) in [7, 11) is 0. The molecule has 9 heteroatoms. The number of carbonyl (C=O) groups is 1. The van der Waals surface area contributed by atoms with E-state index in [0.29, 0.717) is 49.3 Å². The van der Waals surface area contributed by atoms with Crippen molar-refractivity contribution in [1.82, 2.24) is 4.90 Å². The molecule has 0 radical (unpaired) electrons. The molecule has 0 aromatic heterocycles. The first-order valence-corrected chi connectivity index (χ1v) is 9.48. The number of alkyl halides is 3. The van der Waals surface area contributed by atoms with Crippen LogP contribution in [-0.2, 0) is 11.0 Å². The summed E-state index contributed by atoms with van der Waals surface area (Å²) in [6, 6.07) is 10.2. The standard InChI is InChI=1S/C21H19F4N3O2/c22-16-2-1-3-17(12-16)26-19(29)28-10-8-20(9-11-28)13-18(27-30-20)14-4-6-15(7-5-14)21(23,24)25/h1-7,12H,8-11,13H2,(H,26,29). The van der Waals surface area contributed by atoms with E-state index >= 15 is 0 Å². The summed E-state index contributed by atoms with van der Waals surface area (Å²) in [4.78, 5) is 19.7. The van der Waals surface area contributed by atoms with Crippen LogP contribution in [0.1, 0.15) is 30.4 Å². The Morgan fingerprint density at radius 1 is 1.10 bits per heavy atom. The lowest BCUT2D eigenvalue weighted by Gasteiger charge is -2.37. The molecule has 2 aromatic rings. The van der Waals surface area contributed by atoms with E-state index in [1.165, 1.54) is 30.3 Å². The van der Waals surface area contributed by atoms with Gasteiger partial charge in [-0.15, -0.1) is 0 Å². The zero-order chi connectivity index (χ0) is 21.4. The van der Waals surface area contributed by atoms with Gasteiger partial charge in [0, 0.05) is 38.0 Å². The van der Waals surface area contributed by atoms with Crippen LogP contribution >= 0.6 is 0 Å². The van der Waals surface area contributed by atoms with Gasteiger partial charge in [0.25, 0.3) is 0 Å². The molecule has 0 atom stereocenters. The zero-order valence-electron chi connectivity index (χ0n) is 15.9. The summed E-state index contributed by atoms with van der Waals surface area (Å²) >= 11 is 0. The number of benzene rings is 2. The number of nitrogens with zero attached hydrogens (tertiary/aromatic N) is 2. The highest BCUT2D eigenvalue weighted by atomic mass is 19.4. The Bertz CT molecular complexity index is 965. The molecule has 2 aromatic carbocycles. The van der Waals surface area contributed by atoms with Crippen LogP contribution in [0.3, 0.4) is 0 Å². The monoisotopic (exact) mass is 421 g/mol. The molecule has 158 valence electrons. The van der Waals surface area contributed by atoms with Crippen molar-refractivity contribution in [3.8, 4) is 0 Å². The lowest BCUT2D eigenvalue weighted by molar-refractivity contribution is -0.137. The smallest absolute Gasteiger partial charge is 0.388 e. The number of halogens is 4. The van der Waals surface area contributed by atoms with Crippen LogP contribution in [0.5, 0.6) is 0 Å². The van der Waals surface area contributed by atoms with E-state index in [1.807, 2.05) is 0 Å². The Kier molecular flexibility index (Phi) is 5.13. The Balaban J connectivity index is 1.34. The summed E-state index contributed by atoms with van der Waals surface area (Å²) in [5, 5.41) is 6.77. The molecule has 2 heterocycles. The lowest BCUT2D eigenvalue weighted by atomic mass is 9.85. The summed E-state index contributed by atoms with van der Waals surface area (Å²) in [5.41, 5.74) is 0.296. The van der Waals surface area contributed by atoms with Gasteiger partial charge in [-0.1, -0.05) is 23.4 Å². The van der Waals surface area contributed by atoms with E-state index in [-0.39, 0.29) is 6.03 Å². The quantitative estimate of drug-likeness (QED) is 0.691. The average molecular weight is 421 g/mol. The van der Waals surface area contributed by atoms with Gasteiger partial charge < -0.3 is 15.1 Å². The fourth-order valence-electron chi connectivity index (χ4n) is 3.68. The Hall–Kier alpha value is -3.10. The highest BCUT2D eigenvalue weighted by Gasteiger charge is 2.43. The van der Waals surface area contributed by atoms with Crippen molar-refractivity contribution in [1.29, 1.82) is 0 Å². The number of piperidine rings is 1. The van der Waals surface area contributed by atoms with E-state index in [9.17, 15) is 22.4 Å². The number of carbonyl (C=O) groups excluding carboxylic acids is 1. The van der Waals surface area contributed by atoms with Crippen molar-refractivity contribution in [2.24, 2.45) is 5.16 Å². The molecular formula is C21H19F4N3O2. The van der Waals surface area contributed by atoms with Gasteiger partial charge in [0.2, 0.25) is 0 Å². The van der Waals surface area contributed by atoms with Crippen molar-refractivity contribution in [3.63, 3.8) is 0 Å². The third-order valence-corrected chi connectivity index (χ3v) is 5.42. The highest BCUT2D eigenvalue weighted by Crippen LogP contribution is 2.37. The normalized spacial score (nSPS) is 18.1. The van der Waals surface area contributed by atoms with E-state index < -0.39 is 23.2 Å². The molecule has 2 aliphatic rings. The number of urea groups is 1. The molecule has 0 bridgehead atoms. The van der Waals surface area contributed by atoms with Gasteiger partial charge in [0.15, 0.2) is 0 Å². The number of hydrogen-bond donors (Lipinski definition) is 1. The molecule has 30 heavy (non-hydrogen) atoms. The summed E-state index contributed by atoms with van der Waals surface area (Å²) < 4.78 is 51.5. The lowest BCUT2D eigenvalue weighted by Crippen LogP contribution is -2.48. The van der Waals surface area contributed by atoms with Crippen molar-refractivity contribution < 1.29 is 27.2 Å². The van der Waals surface area contributed by atoms with E-state index in [4.69, 9.17) is 4.84 Å². The molecule has 1 fully saturated rings. The zero-order valence-corrected chi connectivity index (χ0v) is 15.9. The molecule has 2 aliphatic heterocycles. The fourth-order valence-corrected chi connectivity index (χ4v) is 3.68. The first-order chi connectivity index (χ1) is 14.2. The minimum atomic E-state index is -4.38. The maximum atomic E-state index is 13.3. The molecule has 1 spiro atoms. The Labute approximate surface area is 170 Å². The molecule has 1 N–H and O–H groups in total. The third-order valence-electron chi connectivity index (χ3n) is 5.42. The second kappa shape index (κ2) is 7.62. The number of amides is 2. The maximum Gasteiger partial charge on any atom is 0.416 e. The molecule has 0 saturated carbocycles.